The topological polar surface area (TPSA) is 0 Å². The summed E-state index contributed by atoms with van der Waals surface area (Å²) in [6, 6.07) is 18.0. The van der Waals surface area contributed by atoms with Gasteiger partial charge in [-0.1, -0.05) is 78.0 Å². The first-order chi connectivity index (χ1) is 12.3. The first-order valence-corrected chi connectivity index (χ1v) is 11.5. The lowest BCUT2D eigenvalue weighted by Crippen LogP contribution is -2.50. The molecule has 1 heteroatoms. The van der Waals surface area contributed by atoms with Gasteiger partial charge in [0.05, 0.1) is 0 Å². The molecule has 2 aromatic carbocycles. The van der Waals surface area contributed by atoms with Crippen molar-refractivity contribution in [3.8, 4) is 11.1 Å². The molecule has 0 aliphatic heterocycles. The summed E-state index contributed by atoms with van der Waals surface area (Å²) in [4.78, 5) is 0. The molecule has 0 heterocycles. The van der Waals surface area contributed by atoms with Crippen molar-refractivity contribution in [2.75, 3.05) is 0 Å². The molecule has 0 fully saturated rings. The molecule has 0 unspecified atom stereocenters. The predicted molar refractivity (Wildman–Crippen MR) is 112 cm³/mol. The van der Waals surface area contributed by atoms with Crippen LogP contribution in [0.1, 0.15) is 17.5 Å². The van der Waals surface area contributed by atoms with Crippen LogP contribution >= 0.6 is 0 Å². The standard InChI is InChI=1S/C24H24Si/c1-3-16-25(17-4-2,20-11-6-7-12-20)24-15-9-14-22-21-13-8-5-10-19(21)18-23(22)24/h3-11,13-15H,1-2,12,16-18H2. The van der Waals surface area contributed by atoms with Gasteiger partial charge in [0.2, 0.25) is 0 Å². The smallest absolute Gasteiger partial charge is 0.103 e. The first-order valence-electron chi connectivity index (χ1n) is 9.09. The molecule has 25 heavy (non-hydrogen) atoms. The average Bonchev–Trinajstić information content (AvgIpc) is 3.29. The molecule has 4 rings (SSSR count). The Labute approximate surface area is 151 Å². The highest BCUT2D eigenvalue weighted by atomic mass is 28.3. The highest BCUT2D eigenvalue weighted by Crippen LogP contribution is 2.39. The predicted octanol–water partition coefficient (Wildman–Crippen LogP) is 5.71. The Hall–Kier alpha value is -2.38. The van der Waals surface area contributed by atoms with Gasteiger partial charge in [0.25, 0.3) is 0 Å². The van der Waals surface area contributed by atoms with Crippen LogP contribution in [0.25, 0.3) is 11.1 Å². The maximum Gasteiger partial charge on any atom is 0.121 e. The number of hydrogen-bond donors (Lipinski definition) is 0. The van der Waals surface area contributed by atoms with Crippen molar-refractivity contribution in [2.45, 2.75) is 24.9 Å². The Bertz CT molecular complexity index is 888. The molecule has 0 atom stereocenters. The molecule has 0 bridgehead atoms. The Kier molecular flexibility index (Phi) is 4.18. The molecule has 2 aliphatic carbocycles. The van der Waals surface area contributed by atoms with E-state index in [0.29, 0.717) is 0 Å². The van der Waals surface area contributed by atoms with Gasteiger partial charge in [-0.05, 0) is 52.4 Å². The lowest BCUT2D eigenvalue weighted by molar-refractivity contribution is 1.25. The van der Waals surface area contributed by atoms with Gasteiger partial charge in [0.1, 0.15) is 8.07 Å². The molecule has 124 valence electrons. The zero-order chi connectivity index (χ0) is 17.3. The molecule has 0 saturated heterocycles. The van der Waals surface area contributed by atoms with E-state index in [1.165, 1.54) is 16.7 Å². The molecule has 0 aromatic heterocycles. The maximum absolute atomic E-state index is 4.11. The fourth-order valence-electron chi connectivity index (χ4n) is 4.64. The third-order valence-corrected chi connectivity index (χ3v) is 10.8. The van der Waals surface area contributed by atoms with Crippen molar-refractivity contribution in [1.82, 2.24) is 0 Å². The van der Waals surface area contributed by atoms with Crippen LogP contribution in [0.15, 0.2) is 91.2 Å². The van der Waals surface area contributed by atoms with Crippen LogP contribution in [-0.2, 0) is 6.42 Å². The Balaban J connectivity index is 1.92. The third kappa shape index (κ3) is 2.51. The molecule has 0 N–H and O–H groups in total. The monoisotopic (exact) mass is 340 g/mol. The second-order valence-corrected chi connectivity index (χ2v) is 11.2. The molecule has 2 aromatic rings. The lowest BCUT2D eigenvalue weighted by atomic mass is 10.1. The second-order valence-electron chi connectivity index (χ2n) is 7.06. The largest absolute Gasteiger partial charge is 0.121 e. The van der Waals surface area contributed by atoms with Crippen LogP contribution in [0.3, 0.4) is 0 Å². The van der Waals surface area contributed by atoms with Gasteiger partial charge in [-0.15, -0.1) is 13.2 Å². The Morgan fingerprint density at radius 3 is 2.40 bits per heavy atom. The van der Waals surface area contributed by atoms with E-state index in [1.54, 1.807) is 15.9 Å². The fourth-order valence-corrected chi connectivity index (χ4v) is 9.24. The third-order valence-electron chi connectivity index (χ3n) is 5.74. The SMILES string of the molecule is C=CC[Si](CC=C)(C1=CC=CC1)c1cccc2c1Cc1ccccc1-2. The van der Waals surface area contributed by atoms with E-state index in [9.17, 15) is 0 Å². The quantitative estimate of drug-likeness (QED) is 0.398. The molecule has 0 spiro atoms. The summed E-state index contributed by atoms with van der Waals surface area (Å²) < 4.78 is 0. The van der Waals surface area contributed by atoms with Crippen molar-refractivity contribution >= 4 is 13.3 Å². The normalized spacial score (nSPS) is 14.8. The number of rotatable bonds is 6. The first kappa shape index (κ1) is 16.1. The van der Waals surface area contributed by atoms with Crippen molar-refractivity contribution in [3.63, 3.8) is 0 Å². The van der Waals surface area contributed by atoms with E-state index in [1.807, 2.05) is 0 Å². The molecule has 0 radical (unpaired) electrons. The minimum atomic E-state index is -1.87. The number of fused-ring (bicyclic) bond motifs is 3. The summed E-state index contributed by atoms with van der Waals surface area (Å²) >= 11 is 0. The molecular formula is C24H24Si. The number of benzene rings is 2. The van der Waals surface area contributed by atoms with Crippen molar-refractivity contribution in [1.29, 1.82) is 0 Å². The van der Waals surface area contributed by atoms with E-state index in [0.717, 1.165) is 24.9 Å². The van der Waals surface area contributed by atoms with Gasteiger partial charge >= 0.3 is 0 Å². The highest BCUT2D eigenvalue weighted by molar-refractivity contribution is 6.98. The summed E-state index contributed by atoms with van der Waals surface area (Å²) in [5.41, 5.74) is 5.86. The Morgan fingerprint density at radius 1 is 0.920 bits per heavy atom. The van der Waals surface area contributed by atoms with Crippen LogP contribution in [0.5, 0.6) is 0 Å². The molecule has 2 aliphatic rings. The summed E-state index contributed by atoms with van der Waals surface area (Å²) in [6.45, 7) is 8.22. The molecular weight excluding hydrogens is 316 g/mol. The molecule has 0 nitrogen and oxygen atoms in total. The maximum atomic E-state index is 4.11. The highest BCUT2D eigenvalue weighted by Gasteiger charge is 2.39. The van der Waals surface area contributed by atoms with Crippen LogP contribution in [0.4, 0.5) is 0 Å². The minimum absolute atomic E-state index is 1.06. The van der Waals surface area contributed by atoms with E-state index in [-0.39, 0.29) is 0 Å². The van der Waals surface area contributed by atoms with E-state index >= 15 is 0 Å². The second kappa shape index (κ2) is 6.49. The zero-order valence-corrected chi connectivity index (χ0v) is 15.7. The summed E-state index contributed by atoms with van der Waals surface area (Å²) in [5.74, 6) is 0. The van der Waals surface area contributed by atoms with Crippen LogP contribution < -0.4 is 5.19 Å². The van der Waals surface area contributed by atoms with Crippen LogP contribution in [-0.4, -0.2) is 8.07 Å². The Morgan fingerprint density at radius 2 is 1.68 bits per heavy atom. The van der Waals surface area contributed by atoms with Gasteiger partial charge in [0, 0.05) is 0 Å². The number of hydrogen-bond acceptors (Lipinski definition) is 0. The van der Waals surface area contributed by atoms with Gasteiger partial charge in [-0.25, -0.2) is 0 Å². The van der Waals surface area contributed by atoms with Crippen molar-refractivity contribution < 1.29 is 0 Å². The zero-order valence-electron chi connectivity index (χ0n) is 14.7. The van der Waals surface area contributed by atoms with Crippen LogP contribution in [0.2, 0.25) is 12.1 Å². The van der Waals surface area contributed by atoms with Gasteiger partial charge in [-0.2, -0.15) is 0 Å². The van der Waals surface area contributed by atoms with Gasteiger partial charge in [0.15, 0.2) is 0 Å². The molecule has 0 saturated carbocycles. The number of allylic oxidation sites excluding steroid dienone is 6. The van der Waals surface area contributed by atoms with Gasteiger partial charge in [-0.3, -0.25) is 0 Å². The minimum Gasteiger partial charge on any atom is -0.103 e. The van der Waals surface area contributed by atoms with E-state index in [4.69, 9.17) is 0 Å². The van der Waals surface area contributed by atoms with Crippen molar-refractivity contribution in [2.24, 2.45) is 0 Å². The van der Waals surface area contributed by atoms with E-state index in [2.05, 4.69) is 86.0 Å². The van der Waals surface area contributed by atoms with Crippen LogP contribution in [0, 0.1) is 0 Å². The average molecular weight is 341 g/mol. The fraction of sp³-hybridized carbons (Fsp3) is 0.167. The molecule has 0 amide bonds. The van der Waals surface area contributed by atoms with Gasteiger partial charge < -0.3 is 0 Å². The van der Waals surface area contributed by atoms with E-state index < -0.39 is 8.07 Å². The lowest BCUT2D eigenvalue weighted by Gasteiger charge is -2.34. The summed E-state index contributed by atoms with van der Waals surface area (Å²) in [7, 11) is -1.87. The summed E-state index contributed by atoms with van der Waals surface area (Å²) in [6.07, 6.45) is 13.3. The van der Waals surface area contributed by atoms with Crippen molar-refractivity contribution in [3.05, 3.63) is 102 Å². The summed E-state index contributed by atoms with van der Waals surface area (Å²) in [5, 5.41) is 3.22.